The van der Waals surface area contributed by atoms with Crippen LogP contribution in [0.3, 0.4) is 0 Å². The maximum atomic E-state index is 3.63. The molecule has 0 bridgehead atoms. The summed E-state index contributed by atoms with van der Waals surface area (Å²) in [4.78, 5) is 0. The number of hydrogen-bond donors (Lipinski definition) is 1. The fraction of sp³-hybridized carbons (Fsp3) is 0.667. The third-order valence-electron chi connectivity index (χ3n) is 5.08. The highest BCUT2D eigenvalue weighted by atomic mass is 14.9. The third kappa shape index (κ3) is 3.02. The van der Waals surface area contributed by atoms with Gasteiger partial charge < -0.3 is 5.32 Å². The highest BCUT2D eigenvalue weighted by Crippen LogP contribution is 2.41. The van der Waals surface area contributed by atoms with Gasteiger partial charge in [0.25, 0.3) is 0 Å². The first-order valence-corrected chi connectivity index (χ1v) is 7.92. The zero-order valence-corrected chi connectivity index (χ0v) is 13.0. The Labute approximate surface area is 118 Å². The molecule has 0 radical (unpaired) electrons. The molecule has 0 amide bonds. The Morgan fingerprint density at radius 2 is 1.79 bits per heavy atom. The molecule has 1 N–H and O–H groups in total. The van der Waals surface area contributed by atoms with Crippen LogP contribution in [-0.4, -0.2) is 7.05 Å². The van der Waals surface area contributed by atoms with E-state index >= 15 is 0 Å². The van der Waals surface area contributed by atoms with Gasteiger partial charge in [-0.1, -0.05) is 50.8 Å². The Bertz CT molecular complexity index is 390. The monoisotopic (exact) mass is 259 g/mol. The molecule has 3 unspecified atom stereocenters. The van der Waals surface area contributed by atoms with Gasteiger partial charge in [0.1, 0.15) is 0 Å². The van der Waals surface area contributed by atoms with Gasteiger partial charge in [0.15, 0.2) is 0 Å². The average Bonchev–Trinajstić information content (AvgIpc) is 2.43. The molecule has 1 saturated carbocycles. The van der Waals surface area contributed by atoms with Crippen LogP contribution in [0, 0.1) is 25.7 Å². The van der Waals surface area contributed by atoms with E-state index in [1.54, 1.807) is 5.56 Å². The van der Waals surface area contributed by atoms with Crippen LogP contribution in [0.4, 0.5) is 0 Å². The first kappa shape index (κ1) is 14.6. The molecular formula is C18H29N. The maximum Gasteiger partial charge on any atom is 0.0354 e. The Kier molecular flexibility index (Phi) is 5.04. The lowest BCUT2D eigenvalue weighted by Crippen LogP contribution is -2.33. The molecule has 0 heterocycles. The molecule has 106 valence electrons. The van der Waals surface area contributed by atoms with Crippen molar-refractivity contribution in [2.45, 2.75) is 58.9 Å². The minimum atomic E-state index is 0.534. The van der Waals surface area contributed by atoms with Crippen molar-refractivity contribution in [1.82, 2.24) is 5.32 Å². The molecule has 0 saturated heterocycles. The second-order valence-corrected chi connectivity index (χ2v) is 6.19. The topological polar surface area (TPSA) is 12.0 Å². The van der Waals surface area contributed by atoms with Crippen LogP contribution in [0.2, 0.25) is 0 Å². The third-order valence-corrected chi connectivity index (χ3v) is 5.08. The molecule has 3 atom stereocenters. The van der Waals surface area contributed by atoms with Crippen LogP contribution in [0.1, 0.15) is 61.8 Å². The molecule has 0 aromatic heterocycles. The van der Waals surface area contributed by atoms with E-state index in [4.69, 9.17) is 0 Å². The molecule has 1 heteroatoms. The van der Waals surface area contributed by atoms with E-state index < -0.39 is 0 Å². The summed E-state index contributed by atoms with van der Waals surface area (Å²) >= 11 is 0. The van der Waals surface area contributed by atoms with Crippen LogP contribution in [0.5, 0.6) is 0 Å². The van der Waals surface area contributed by atoms with Crippen LogP contribution in [0.25, 0.3) is 0 Å². The van der Waals surface area contributed by atoms with E-state index in [0.717, 1.165) is 11.8 Å². The molecule has 1 aromatic carbocycles. The first-order chi connectivity index (χ1) is 9.19. The lowest BCUT2D eigenvalue weighted by atomic mass is 9.71. The van der Waals surface area contributed by atoms with E-state index in [9.17, 15) is 0 Å². The van der Waals surface area contributed by atoms with Crippen molar-refractivity contribution in [3.63, 3.8) is 0 Å². The van der Waals surface area contributed by atoms with Gasteiger partial charge in [0, 0.05) is 6.04 Å². The van der Waals surface area contributed by atoms with Gasteiger partial charge in [-0.15, -0.1) is 0 Å². The minimum absolute atomic E-state index is 0.534. The molecular weight excluding hydrogens is 230 g/mol. The minimum Gasteiger partial charge on any atom is -0.313 e. The molecule has 1 aliphatic rings. The standard InChI is InChI=1S/C18H29N/c1-5-15-11-6-7-12-16(15)18(19-4)17-13(2)9-8-10-14(17)3/h8-10,15-16,18-19H,5-7,11-12H2,1-4H3. The van der Waals surface area contributed by atoms with Crippen molar-refractivity contribution in [1.29, 1.82) is 0 Å². The van der Waals surface area contributed by atoms with Crippen LogP contribution >= 0.6 is 0 Å². The quantitative estimate of drug-likeness (QED) is 0.820. The molecule has 1 fully saturated rings. The van der Waals surface area contributed by atoms with Crippen molar-refractivity contribution in [3.8, 4) is 0 Å². The predicted molar refractivity (Wildman–Crippen MR) is 83.5 cm³/mol. The van der Waals surface area contributed by atoms with Crippen molar-refractivity contribution in [3.05, 3.63) is 34.9 Å². The lowest BCUT2D eigenvalue weighted by Gasteiger charge is -2.38. The van der Waals surface area contributed by atoms with Crippen LogP contribution < -0.4 is 5.32 Å². The number of aryl methyl sites for hydroxylation is 2. The molecule has 2 rings (SSSR count). The van der Waals surface area contributed by atoms with Gasteiger partial charge in [-0.3, -0.25) is 0 Å². The molecule has 1 nitrogen and oxygen atoms in total. The summed E-state index contributed by atoms with van der Waals surface area (Å²) in [6.45, 7) is 6.88. The second kappa shape index (κ2) is 6.56. The fourth-order valence-electron chi connectivity index (χ4n) is 4.07. The second-order valence-electron chi connectivity index (χ2n) is 6.19. The summed E-state index contributed by atoms with van der Waals surface area (Å²) < 4.78 is 0. The van der Waals surface area contributed by atoms with Gasteiger partial charge in [-0.05, 0) is 55.8 Å². The van der Waals surface area contributed by atoms with Crippen LogP contribution in [-0.2, 0) is 0 Å². The van der Waals surface area contributed by atoms with Gasteiger partial charge in [0.05, 0.1) is 0 Å². The van der Waals surface area contributed by atoms with Gasteiger partial charge in [-0.2, -0.15) is 0 Å². The molecule has 1 aromatic rings. The lowest BCUT2D eigenvalue weighted by molar-refractivity contribution is 0.180. The van der Waals surface area contributed by atoms with E-state index in [-0.39, 0.29) is 0 Å². The van der Waals surface area contributed by atoms with E-state index in [1.807, 2.05) is 0 Å². The summed E-state index contributed by atoms with van der Waals surface area (Å²) in [7, 11) is 2.14. The van der Waals surface area contributed by atoms with Crippen molar-refractivity contribution in [2.24, 2.45) is 11.8 Å². The summed E-state index contributed by atoms with van der Waals surface area (Å²) in [5, 5.41) is 3.63. The maximum absolute atomic E-state index is 3.63. The van der Waals surface area contributed by atoms with Gasteiger partial charge >= 0.3 is 0 Å². The SMILES string of the molecule is CCC1CCCCC1C(NC)c1c(C)cccc1C. The first-order valence-electron chi connectivity index (χ1n) is 7.92. The Balaban J connectivity index is 2.33. The highest BCUT2D eigenvalue weighted by molar-refractivity contribution is 5.36. The van der Waals surface area contributed by atoms with E-state index in [2.05, 4.69) is 51.3 Å². The number of nitrogens with one attached hydrogen (secondary N) is 1. The predicted octanol–water partition coefficient (Wildman–Crippen LogP) is 4.78. The smallest absolute Gasteiger partial charge is 0.0354 e. The van der Waals surface area contributed by atoms with Crippen molar-refractivity contribution in [2.75, 3.05) is 7.05 Å². The van der Waals surface area contributed by atoms with Crippen molar-refractivity contribution >= 4 is 0 Å². The van der Waals surface area contributed by atoms with Crippen LogP contribution in [0.15, 0.2) is 18.2 Å². The molecule has 19 heavy (non-hydrogen) atoms. The summed E-state index contributed by atoms with van der Waals surface area (Å²) in [6, 6.07) is 7.23. The Morgan fingerprint density at radius 3 is 2.37 bits per heavy atom. The zero-order valence-electron chi connectivity index (χ0n) is 13.0. The molecule has 0 aliphatic heterocycles. The molecule has 0 spiro atoms. The summed E-state index contributed by atoms with van der Waals surface area (Å²) in [5.41, 5.74) is 4.44. The number of hydrogen-bond acceptors (Lipinski definition) is 1. The highest BCUT2D eigenvalue weighted by Gasteiger charge is 2.32. The summed E-state index contributed by atoms with van der Waals surface area (Å²) in [5.74, 6) is 1.70. The largest absolute Gasteiger partial charge is 0.313 e. The van der Waals surface area contributed by atoms with E-state index in [1.165, 1.54) is 43.2 Å². The average molecular weight is 259 g/mol. The molecule has 1 aliphatic carbocycles. The normalized spacial score (nSPS) is 25.3. The van der Waals surface area contributed by atoms with Crippen molar-refractivity contribution < 1.29 is 0 Å². The van der Waals surface area contributed by atoms with Gasteiger partial charge in [-0.25, -0.2) is 0 Å². The number of rotatable bonds is 4. The summed E-state index contributed by atoms with van der Waals surface area (Å²) in [6.07, 6.45) is 6.97. The zero-order chi connectivity index (χ0) is 13.8. The van der Waals surface area contributed by atoms with E-state index in [0.29, 0.717) is 6.04 Å². The fourth-order valence-corrected chi connectivity index (χ4v) is 4.07. The van der Waals surface area contributed by atoms with Gasteiger partial charge in [0.2, 0.25) is 0 Å². The Hall–Kier alpha value is -0.820. The number of benzene rings is 1. The Morgan fingerprint density at radius 1 is 1.16 bits per heavy atom.